The zero-order valence-electron chi connectivity index (χ0n) is 10.6. The maximum Gasteiger partial charge on any atom is 0.172 e. The molecular weight excluding hydrogens is 230 g/mol. The van der Waals surface area contributed by atoms with Gasteiger partial charge in [0.15, 0.2) is 5.78 Å². The lowest BCUT2D eigenvalue weighted by Gasteiger charge is -2.20. The zero-order chi connectivity index (χ0) is 12.9. The highest BCUT2D eigenvalue weighted by Crippen LogP contribution is 2.21. The van der Waals surface area contributed by atoms with E-state index in [4.69, 9.17) is 0 Å². The fourth-order valence-electron chi connectivity index (χ4n) is 1.48. The molecule has 17 heavy (non-hydrogen) atoms. The Morgan fingerprint density at radius 1 is 1.35 bits per heavy atom. The lowest BCUT2D eigenvalue weighted by molar-refractivity contribution is -0.116. The predicted molar refractivity (Wildman–Crippen MR) is 75.4 cm³/mol. The van der Waals surface area contributed by atoms with Crippen LogP contribution in [0.5, 0.6) is 0 Å². The van der Waals surface area contributed by atoms with E-state index in [0.717, 1.165) is 5.56 Å². The SMILES string of the molecule is CN(C)/C=C/C(=O)C(C)(S)Cc1ccccc1. The number of hydrogen-bond acceptors (Lipinski definition) is 3. The number of carbonyl (C=O) groups excluding carboxylic acids is 1. The summed E-state index contributed by atoms with van der Waals surface area (Å²) < 4.78 is -0.659. The van der Waals surface area contributed by atoms with E-state index < -0.39 is 4.75 Å². The second kappa shape index (κ2) is 5.92. The molecule has 1 aromatic rings. The molecule has 0 fully saturated rings. The summed E-state index contributed by atoms with van der Waals surface area (Å²) in [4.78, 5) is 13.8. The molecule has 0 aliphatic rings. The lowest BCUT2D eigenvalue weighted by atomic mass is 9.96. The van der Waals surface area contributed by atoms with Crippen molar-refractivity contribution in [1.29, 1.82) is 0 Å². The lowest BCUT2D eigenvalue weighted by Crippen LogP contribution is -2.30. The van der Waals surface area contributed by atoms with Crippen molar-refractivity contribution in [3.05, 3.63) is 48.2 Å². The van der Waals surface area contributed by atoms with Crippen LogP contribution in [0.4, 0.5) is 0 Å². The van der Waals surface area contributed by atoms with Crippen LogP contribution < -0.4 is 0 Å². The van der Waals surface area contributed by atoms with E-state index in [1.807, 2.05) is 56.3 Å². The third kappa shape index (κ3) is 4.65. The van der Waals surface area contributed by atoms with Gasteiger partial charge in [-0.2, -0.15) is 12.6 Å². The number of nitrogens with zero attached hydrogens (tertiary/aromatic N) is 1. The Kier molecular flexibility index (Phi) is 4.82. The van der Waals surface area contributed by atoms with Crippen LogP contribution in [0.1, 0.15) is 12.5 Å². The molecule has 0 aliphatic carbocycles. The third-order valence-corrected chi connectivity index (χ3v) is 2.82. The van der Waals surface area contributed by atoms with Gasteiger partial charge in [-0.1, -0.05) is 30.3 Å². The van der Waals surface area contributed by atoms with Gasteiger partial charge in [0, 0.05) is 20.3 Å². The molecule has 0 N–H and O–H groups in total. The minimum Gasteiger partial charge on any atom is -0.383 e. The summed E-state index contributed by atoms with van der Waals surface area (Å²) in [5, 5.41) is 0. The summed E-state index contributed by atoms with van der Waals surface area (Å²) in [6.45, 7) is 1.85. The summed E-state index contributed by atoms with van der Waals surface area (Å²) >= 11 is 4.48. The molecule has 1 atom stereocenters. The highest BCUT2D eigenvalue weighted by Gasteiger charge is 2.26. The van der Waals surface area contributed by atoms with E-state index in [9.17, 15) is 4.79 Å². The minimum absolute atomic E-state index is 0.0263. The Balaban J connectivity index is 2.71. The van der Waals surface area contributed by atoms with Crippen molar-refractivity contribution in [2.75, 3.05) is 14.1 Å². The Labute approximate surface area is 109 Å². The number of allylic oxidation sites excluding steroid dienone is 1. The van der Waals surface area contributed by atoms with Crippen molar-refractivity contribution >= 4 is 18.4 Å². The van der Waals surface area contributed by atoms with E-state index in [2.05, 4.69) is 12.6 Å². The van der Waals surface area contributed by atoms with Crippen LogP contribution in [-0.4, -0.2) is 29.5 Å². The van der Waals surface area contributed by atoms with Crippen LogP contribution in [0.2, 0.25) is 0 Å². The average Bonchev–Trinajstić information content (AvgIpc) is 2.26. The highest BCUT2D eigenvalue weighted by atomic mass is 32.1. The van der Waals surface area contributed by atoms with E-state index in [1.54, 1.807) is 12.3 Å². The van der Waals surface area contributed by atoms with Gasteiger partial charge in [-0.25, -0.2) is 0 Å². The van der Waals surface area contributed by atoms with Crippen molar-refractivity contribution < 1.29 is 4.79 Å². The molecule has 3 heteroatoms. The first-order valence-corrected chi connectivity index (χ1v) is 6.02. The molecule has 1 rings (SSSR count). The van der Waals surface area contributed by atoms with Crippen LogP contribution in [0, 0.1) is 0 Å². The Hall–Kier alpha value is -1.22. The Morgan fingerprint density at radius 2 is 1.94 bits per heavy atom. The van der Waals surface area contributed by atoms with Crippen molar-refractivity contribution in [1.82, 2.24) is 4.90 Å². The van der Waals surface area contributed by atoms with Crippen LogP contribution in [-0.2, 0) is 11.2 Å². The maximum atomic E-state index is 12.0. The molecule has 1 aromatic carbocycles. The molecule has 0 bridgehead atoms. The fraction of sp³-hybridized carbons (Fsp3) is 0.357. The summed E-state index contributed by atoms with van der Waals surface area (Å²) in [6.07, 6.45) is 3.96. The molecule has 0 amide bonds. The largest absolute Gasteiger partial charge is 0.383 e. The molecule has 92 valence electrons. The normalized spacial score (nSPS) is 14.6. The van der Waals surface area contributed by atoms with Gasteiger partial charge >= 0.3 is 0 Å². The molecule has 0 spiro atoms. The van der Waals surface area contributed by atoms with Crippen molar-refractivity contribution in [2.24, 2.45) is 0 Å². The summed E-state index contributed by atoms with van der Waals surface area (Å²) in [7, 11) is 3.77. The molecule has 0 radical (unpaired) electrons. The van der Waals surface area contributed by atoms with Crippen LogP contribution in [0.3, 0.4) is 0 Å². The number of ketones is 1. The number of rotatable bonds is 5. The van der Waals surface area contributed by atoms with Crippen molar-refractivity contribution in [3.8, 4) is 0 Å². The number of benzene rings is 1. The molecule has 1 unspecified atom stereocenters. The van der Waals surface area contributed by atoms with Gasteiger partial charge < -0.3 is 4.90 Å². The quantitative estimate of drug-likeness (QED) is 0.639. The van der Waals surface area contributed by atoms with Gasteiger partial charge in [0.05, 0.1) is 4.75 Å². The smallest absolute Gasteiger partial charge is 0.172 e. The molecule has 0 heterocycles. The van der Waals surface area contributed by atoms with E-state index in [0.29, 0.717) is 6.42 Å². The van der Waals surface area contributed by atoms with Gasteiger partial charge in [0.1, 0.15) is 0 Å². The first-order valence-electron chi connectivity index (χ1n) is 5.57. The first kappa shape index (κ1) is 13.8. The van der Waals surface area contributed by atoms with Crippen LogP contribution in [0.15, 0.2) is 42.6 Å². The van der Waals surface area contributed by atoms with Gasteiger partial charge in [0.2, 0.25) is 0 Å². The summed E-state index contributed by atoms with van der Waals surface area (Å²) in [6, 6.07) is 9.93. The Morgan fingerprint density at radius 3 is 2.47 bits per heavy atom. The van der Waals surface area contributed by atoms with E-state index >= 15 is 0 Å². The molecule has 0 aliphatic heterocycles. The highest BCUT2D eigenvalue weighted by molar-refractivity contribution is 7.82. The van der Waals surface area contributed by atoms with Gasteiger partial charge in [-0.3, -0.25) is 4.79 Å². The second-order valence-corrected chi connectivity index (χ2v) is 5.57. The zero-order valence-corrected chi connectivity index (χ0v) is 11.4. The first-order chi connectivity index (χ1) is 7.92. The molecule has 0 saturated carbocycles. The monoisotopic (exact) mass is 249 g/mol. The number of thiol groups is 1. The second-order valence-electron chi connectivity index (χ2n) is 4.58. The third-order valence-electron chi connectivity index (χ3n) is 2.45. The molecular formula is C14H19NOS. The van der Waals surface area contributed by atoms with Crippen molar-refractivity contribution in [2.45, 2.75) is 18.1 Å². The van der Waals surface area contributed by atoms with Gasteiger partial charge in [-0.05, 0) is 25.0 Å². The molecule has 0 saturated heterocycles. The summed E-state index contributed by atoms with van der Waals surface area (Å²) in [5.41, 5.74) is 1.12. The fourth-order valence-corrected chi connectivity index (χ4v) is 1.73. The van der Waals surface area contributed by atoms with Gasteiger partial charge in [0.25, 0.3) is 0 Å². The van der Waals surface area contributed by atoms with Crippen LogP contribution in [0.25, 0.3) is 0 Å². The van der Waals surface area contributed by atoms with Gasteiger partial charge in [-0.15, -0.1) is 0 Å². The van der Waals surface area contributed by atoms with Crippen LogP contribution >= 0.6 is 12.6 Å². The van der Waals surface area contributed by atoms with E-state index in [1.165, 1.54) is 0 Å². The number of carbonyl (C=O) groups is 1. The minimum atomic E-state index is -0.659. The van der Waals surface area contributed by atoms with E-state index in [-0.39, 0.29) is 5.78 Å². The maximum absolute atomic E-state index is 12.0. The summed E-state index contributed by atoms with van der Waals surface area (Å²) in [5.74, 6) is 0.0263. The standard InChI is InChI=1S/C14H19NOS/c1-14(17,13(16)9-10-15(2)3)11-12-7-5-4-6-8-12/h4-10,17H,11H2,1-3H3/b10-9+. The molecule has 2 nitrogen and oxygen atoms in total. The molecule has 0 aromatic heterocycles. The predicted octanol–water partition coefficient (Wildman–Crippen LogP) is 2.56. The topological polar surface area (TPSA) is 20.3 Å². The van der Waals surface area contributed by atoms with Crippen molar-refractivity contribution in [3.63, 3.8) is 0 Å². The Bertz CT molecular complexity index is 396. The average molecular weight is 249 g/mol. The number of hydrogen-bond donors (Lipinski definition) is 1.